The Hall–Kier alpha value is -1.67. The van der Waals surface area contributed by atoms with E-state index in [1.54, 1.807) is 13.0 Å². The lowest BCUT2D eigenvalue weighted by atomic mass is 9.84. The smallest absolute Gasteiger partial charge is 0.126 e. The quantitative estimate of drug-likeness (QED) is 0.859. The Balaban J connectivity index is 1.93. The maximum atomic E-state index is 13.5. The molecule has 0 saturated carbocycles. The molecule has 1 N–H and O–H groups in total. The Labute approximate surface area is 120 Å². The van der Waals surface area contributed by atoms with E-state index in [1.165, 1.54) is 5.56 Å². The minimum Gasteiger partial charge on any atom is -0.312 e. The zero-order chi connectivity index (χ0) is 14.6. The van der Waals surface area contributed by atoms with Crippen LogP contribution in [0.3, 0.4) is 0 Å². The predicted octanol–water partition coefficient (Wildman–Crippen LogP) is 4.20. The normalized spacial score (nSPS) is 11.6. The third kappa shape index (κ3) is 3.67. The number of nitrogens with one attached hydrogen (secondary N) is 1. The molecule has 2 rings (SSSR count). The molecule has 0 amide bonds. The second-order valence-corrected chi connectivity index (χ2v) is 5.94. The van der Waals surface area contributed by atoms with Gasteiger partial charge in [0.25, 0.3) is 0 Å². The van der Waals surface area contributed by atoms with E-state index in [1.807, 2.05) is 18.2 Å². The van der Waals surface area contributed by atoms with Crippen LogP contribution >= 0.6 is 0 Å². The second-order valence-electron chi connectivity index (χ2n) is 5.94. The van der Waals surface area contributed by atoms with E-state index in [9.17, 15) is 4.39 Å². The van der Waals surface area contributed by atoms with Gasteiger partial charge in [-0.05, 0) is 29.7 Å². The third-order valence-corrected chi connectivity index (χ3v) is 3.69. The highest BCUT2D eigenvalue weighted by Gasteiger charge is 2.19. The molecular weight excluding hydrogens is 249 g/mol. The van der Waals surface area contributed by atoms with Gasteiger partial charge in [0.2, 0.25) is 0 Å². The maximum Gasteiger partial charge on any atom is 0.126 e. The summed E-state index contributed by atoms with van der Waals surface area (Å²) in [6.45, 7) is 7.75. The van der Waals surface area contributed by atoms with Crippen molar-refractivity contribution in [1.29, 1.82) is 0 Å². The van der Waals surface area contributed by atoms with Gasteiger partial charge in [-0.2, -0.15) is 0 Å². The first-order valence-corrected chi connectivity index (χ1v) is 7.00. The number of hydrogen-bond donors (Lipinski definition) is 1. The topological polar surface area (TPSA) is 12.0 Å². The summed E-state index contributed by atoms with van der Waals surface area (Å²) in [6, 6.07) is 15.9. The monoisotopic (exact) mass is 271 g/mol. The number of halogens is 1. The van der Waals surface area contributed by atoms with Gasteiger partial charge in [0, 0.05) is 18.5 Å². The van der Waals surface area contributed by atoms with Gasteiger partial charge in [-0.15, -0.1) is 0 Å². The number of rotatable bonds is 5. The molecule has 0 aliphatic carbocycles. The fourth-order valence-corrected chi connectivity index (χ4v) is 2.26. The van der Waals surface area contributed by atoms with Crippen LogP contribution in [-0.2, 0) is 12.0 Å². The number of hydrogen-bond acceptors (Lipinski definition) is 1. The first kappa shape index (κ1) is 14.7. The van der Waals surface area contributed by atoms with Gasteiger partial charge < -0.3 is 5.32 Å². The van der Waals surface area contributed by atoms with Crippen molar-refractivity contribution in [2.75, 3.05) is 6.54 Å². The van der Waals surface area contributed by atoms with Crippen molar-refractivity contribution in [3.05, 3.63) is 71.0 Å². The van der Waals surface area contributed by atoms with Crippen LogP contribution in [0.15, 0.2) is 48.5 Å². The van der Waals surface area contributed by atoms with Crippen molar-refractivity contribution in [2.45, 2.75) is 32.7 Å². The maximum absolute atomic E-state index is 13.5. The van der Waals surface area contributed by atoms with Crippen LogP contribution in [0.1, 0.15) is 30.5 Å². The largest absolute Gasteiger partial charge is 0.312 e. The number of benzene rings is 2. The lowest BCUT2D eigenvalue weighted by Crippen LogP contribution is -2.32. The molecule has 2 heteroatoms. The molecule has 0 aromatic heterocycles. The predicted molar refractivity (Wildman–Crippen MR) is 82.3 cm³/mol. The lowest BCUT2D eigenvalue weighted by Gasteiger charge is -2.25. The molecule has 0 fully saturated rings. The van der Waals surface area contributed by atoms with Gasteiger partial charge >= 0.3 is 0 Å². The minimum absolute atomic E-state index is 0.0600. The van der Waals surface area contributed by atoms with Crippen LogP contribution in [0.5, 0.6) is 0 Å². The summed E-state index contributed by atoms with van der Waals surface area (Å²) in [5, 5.41) is 3.42. The van der Waals surface area contributed by atoms with Crippen LogP contribution < -0.4 is 5.32 Å². The molecule has 1 nitrogen and oxygen atoms in total. The average Bonchev–Trinajstić information content (AvgIpc) is 2.44. The molecule has 106 valence electrons. The zero-order valence-electron chi connectivity index (χ0n) is 12.4. The first-order chi connectivity index (χ1) is 9.49. The standard InChI is InChI=1S/C18H22FN/c1-14-9-10-15(11-17(14)19)12-20-13-18(2,3)16-7-5-4-6-8-16/h4-11,20H,12-13H2,1-3H3. The molecule has 2 aromatic rings. The fraction of sp³-hybridized carbons (Fsp3) is 0.333. The van der Waals surface area contributed by atoms with Gasteiger partial charge in [-0.25, -0.2) is 4.39 Å². The van der Waals surface area contributed by atoms with E-state index in [0.29, 0.717) is 12.1 Å². The van der Waals surface area contributed by atoms with Crippen molar-refractivity contribution in [1.82, 2.24) is 5.32 Å². The summed E-state index contributed by atoms with van der Waals surface area (Å²) < 4.78 is 13.5. The van der Waals surface area contributed by atoms with Gasteiger partial charge in [0.15, 0.2) is 0 Å². The Morgan fingerprint density at radius 3 is 2.40 bits per heavy atom. The van der Waals surface area contributed by atoms with E-state index in [-0.39, 0.29) is 11.2 Å². The fourth-order valence-electron chi connectivity index (χ4n) is 2.26. The van der Waals surface area contributed by atoms with Crippen LogP contribution in [0.4, 0.5) is 4.39 Å². The summed E-state index contributed by atoms with van der Waals surface area (Å²) in [6.07, 6.45) is 0. The van der Waals surface area contributed by atoms with Crippen LogP contribution in [0.25, 0.3) is 0 Å². The lowest BCUT2D eigenvalue weighted by molar-refractivity contribution is 0.468. The van der Waals surface area contributed by atoms with Gasteiger partial charge in [0.1, 0.15) is 5.82 Å². The third-order valence-electron chi connectivity index (χ3n) is 3.69. The van der Waals surface area contributed by atoms with Gasteiger partial charge in [-0.3, -0.25) is 0 Å². The molecule has 0 heterocycles. The SMILES string of the molecule is Cc1ccc(CNCC(C)(C)c2ccccc2)cc1F. The van der Waals surface area contributed by atoms with Crippen LogP contribution in [0, 0.1) is 12.7 Å². The molecule has 2 aromatic carbocycles. The van der Waals surface area contributed by atoms with Gasteiger partial charge in [0.05, 0.1) is 0 Å². The highest BCUT2D eigenvalue weighted by atomic mass is 19.1. The zero-order valence-corrected chi connectivity index (χ0v) is 12.4. The van der Waals surface area contributed by atoms with E-state index < -0.39 is 0 Å². The number of aryl methyl sites for hydroxylation is 1. The van der Waals surface area contributed by atoms with Crippen LogP contribution in [0.2, 0.25) is 0 Å². The molecular formula is C18H22FN. The highest BCUT2D eigenvalue weighted by molar-refractivity contribution is 5.25. The Bertz CT molecular complexity index is 561. The minimum atomic E-state index is -0.133. The first-order valence-electron chi connectivity index (χ1n) is 7.00. The molecule has 0 spiro atoms. The van der Waals surface area contributed by atoms with Crippen molar-refractivity contribution in [3.8, 4) is 0 Å². The summed E-state index contributed by atoms with van der Waals surface area (Å²) in [5.41, 5.74) is 3.04. The highest BCUT2D eigenvalue weighted by Crippen LogP contribution is 2.21. The average molecular weight is 271 g/mol. The molecule has 0 radical (unpaired) electrons. The van der Waals surface area contributed by atoms with Crippen LogP contribution in [-0.4, -0.2) is 6.54 Å². The molecule has 0 aliphatic rings. The molecule has 20 heavy (non-hydrogen) atoms. The summed E-state index contributed by atoms with van der Waals surface area (Å²) in [7, 11) is 0. The van der Waals surface area contributed by atoms with E-state index >= 15 is 0 Å². The summed E-state index contributed by atoms with van der Waals surface area (Å²) in [5.74, 6) is -0.133. The van der Waals surface area contributed by atoms with E-state index in [2.05, 4.69) is 43.4 Å². The van der Waals surface area contributed by atoms with Crippen molar-refractivity contribution in [2.24, 2.45) is 0 Å². The molecule has 0 unspecified atom stereocenters. The Morgan fingerprint density at radius 1 is 1.05 bits per heavy atom. The Kier molecular flexibility index (Phi) is 4.56. The molecule has 0 aliphatic heterocycles. The Morgan fingerprint density at radius 2 is 1.75 bits per heavy atom. The van der Waals surface area contributed by atoms with Gasteiger partial charge in [-0.1, -0.05) is 56.3 Å². The summed E-state index contributed by atoms with van der Waals surface area (Å²) >= 11 is 0. The van der Waals surface area contributed by atoms with E-state index in [4.69, 9.17) is 0 Å². The molecule has 0 saturated heterocycles. The molecule has 0 bridgehead atoms. The van der Waals surface area contributed by atoms with E-state index in [0.717, 1.165) is 12.1 Å². The molecule has 0 atom stereocenters. The summed E-state index contributed by atoms with van der Waals surface area (Å²) in [4.78, 5) is 0. The van der Waals surface area contributed by atoms with Crippen molar-refractivity contribution in [3.63, 3.8) is 0 Å². The van der Waals surface area contributed by atoms with Crippen molar-refractivity contribution < 1.29 is 4.39 Å². The second kappa shape index (κ2) is 6.19. The van der Waals surface area contributed by atoms with Crippen molar-refractivity contribution >= 4 is 0 Å².